The van der Waals surface area contributed by atoms with Gasteiger partial charge in [-0.1, -0.05) is 41.4 Å². The zero-order chi connectivity index (χ0) is 29.1. The second kappa shape index (κ2) is 10.5. The number of carbonyl (C=O) groups is 1. The summed E-state index contributed by atoms with van der Waals surface area (Å²) in [6.07, 6.45) is 6.32. The Labute approximate surface area is 251 Å². The first-order valence-corrected chi connectivity index (χ1v) is 15.4. The number of piperidine rings is 1. The summed E-state index contributed by atoms with van der Waals surface area (Å²) in [6.45, 7) is 6.99. The summed E-state index contributed by atoms with van der Waals surface area (Å²) < 4.78 is 33.1. The average Bonchev–Trinajstić information content (AvgIpc) is 3.46. The van der Waals surface area contributed by atoms with E-state index < -0.39 is 16.1 Å². The third-order valence-electron chi connectivity index (χ3n) is 8.29. The summed E-state index contributed by atoms with van der Waals surface area (Å²) in [6, 6.07) is 10.1. The number of benzene rings is 2. The number of carbonyl (C=O) groups excluding carboxylic acids is 1. The Morgan fingerprint density at radius 2 is 1.90 bits per heavy atom. The number of fused-ring (bicyclic) bond motifs is 2. The predicted octanol–water partition coefficient (Wildman–Crippen LogP) is 6.59. The molecule has 1 fully saturated rings. The number of aldehydes is 1. The lowest BCUT2D eigenvalue weighted by Crippen LogP contribution is -2.50. The molecular weight excluding hydrogens is 584 g/mol. The van der Waals surface area contributed by atoms with Gasteiger partial charge in [0.15, 0.2) is 12.1 Å². The van der Waals surface area contributed by atoms with Gasteiger partial charge in [0.25, 0.3) is 0 Å². The van der Waals surface area contributed by atoms with Crippen LogP contribution in [0.2, 0.25) is 10.0 Å². The van der Waals surface area contributed by atoms with Crippen LogP contribution in [-0.4, -0.2) is 43.0 Å². The van der Waals surface area contributed by atoms with Crippen LogP contribution < -0.4 is 9.62 Å². The maximum Gasteiger partial charge on any atom is 0.170 e. The second-order valence-corrected chi connectivity index (χ2v) is 14.6. The van der Waals surface area contributed by atoms with E-state index in [0.29, 0.717) is 57.8 Å². The molecule has 0 bridgehead atoms. The minimum absolute atomic E-state index is 0.259. The zero-order valence-electron chi connectivity index (χ0n) is 23.0. The van der Waals surface area contributed by atoms with Crippen molar-refractivity contribution in [1.29, 1.82) is 0 Å². The van der Waals surface area contributed by atoms with Crippen molar-refractivity contribution in [3.8, 4) is 11.4 Å². The van der Waals surface area contributed by atoms with Gasteiger partial charge in [0, 0.05) is 53.4 Å². The summed E-state index contributed by atoms with van der Waals surface area (Å²) in [5.41, 5.74) is 2.75. The van der Waals surface area contributed by atoms with Gasteiger partial charge >= 0.3 is 0 Å². The molecule has 0 amide bonds. The van der Waals surface area contributed by atoms with Crippen LogP contribution in [0, 0.1) is 11.2 Å². The predicted molar refractivity (Wildman–Crippen MR) is 162 cm³/mol. The highest BCUT2D eigenvalue weighted by molar-refractivity contribution is 7.90. The van der Waals surface area contributed by atoms with E-state index in [0.717, 1.165) is 24.7 Å². The summed E-state index contributed by atoms with van der Waals surface area (Å²) in [5, 5.41) is 0.754. The van der Waals surface area contributed by atoms with Gasteiger partial charge in [0.1, 0.15) is 27.6 Å². The van der Waals surface area contributed by atoms with Crippen molar-refractivity contribution in [1.82, 2.24) is 19.1 Å². The Kier molecular flexibility index (Phi) is 7.31. The van der Waals surface area contributed by atoms with Crippen molar-refractivity contribution < 1.29 is 13.7 Å². The fourth-order valence-corrected chi connectivity index (χ4v) is 7.49. The Morgan fingerprint density at radius 3 is 2.61 bits per heavy atom. The minimum atomic E-state index is -1.37. The number of rotatable bonds is 5. The first kappa shape index (κ1) is 28.4. The smallest absolute Gasteiger partial charge is 0.170 e. The Hall–Kier alpha value is -2.69. The lowest BCUT2D eigenvalue weighted by atomic mass is 9.73. The van der Waals surface area contributed by atoms with Crippen LogP contribution in [0.1, 0.15) is 61.3 Å². The van der Waals surface area contributed by atoms with E-state index in [1.165, 1.54) is 6.07 Å². The van der Waals surface area contributed by atoms with E-state index in [4.69, 9.17) is 23.2 Å². The molecule has 1 spiro atoms. The molecule has 0 saturated carbocycles. The molecule has 1 aliphatic carbocycles. The standard InChI is InChI=1S/C30H30Cl2FN5O2S/c1-29(2,3)41(40)36-26-23-18(6-4-9-21(23)33)16-30(26)10-13-37(14-11-30)28-25-22(17-39)35-27(38(25)15-12-34-28)19-7-5-8-20(31)24(19)32/h4-9,12,15,17,26,36H,10-11,13-14,16H2,1-3H3/t26-,41?/m0/s1. The van der Waals surface area contributed by atoms with E-state index in [-0.39, 0.29) is 23.0 Å². The number of imidazole rings is 1. The van der Waals surface area contributed by atoms with Crippen molar-refractivity contribution in [2.45, 2.75) is 50.8 Å². The molecule has 1 saturated heterocycles. The number of hydrogen-bond donors (Lipinski definition) is 1. The van der Waals surface area contributed by atoms with E-state index >= 15 is 4.39 Å². The SMILES string of the molecule is CC(C)(C)[S+]([O-])N[C@H]1c2c(F)cccc2CC12CCN(c1nccn3c(-c4cccc(Cl)c4Cl)nc(C=O)c13)CC2. The van der Waals surface area contributed by atoms with Crippen LogP contribution in [0.4, 0.5) is 10.2 Å². The number of halogens is 3. The van der Waals surface area contributed by atoms with Gasteiger partial charge in [-0.25, -0.2) is 14.4 Å². The van der Waals surface area contributed by atoms with Gasteiger partial charge in [0.05, 0.1) is 16.1 Å². The summed E-state index contributed by atoms with van der Waals surface area (Å²) in [5.74, 6) is 0.881. The fourth-order valence-electron chi connectivity index (χ4n) is 6.17. The molecule has 1 N–H and O–H groups in total. The zero-order valence-corrected chi connectivity index (χ0v) is 25.3. The number of nitrogens with zero attached hydrogens (tertiary/aromatic N) is 4. The molecule has 214 valence electrons. The topological polar surface area (TPSA) is 85.6 Å². The van der Waals surface area contributed by atoms with Crippen molar-refractivity contribution >= 4 is 52.2 Å². The molecule has 2 aromatic carbocycles. The van der Waals surface area contributed by atoms with Crippen LogP contribution in [0.3, 0.4) is 0 Å². The monoisotopic (exact) mass is 613 g/mol. The van der Waals surface area contributed by atoms with Crippen LogP contribution in [0.15, 0.2) is 48.8 Å². The van der Waals surface area contributed by atoms with Crippen molar-refractivity contribution in [2.75, 3.05) is 18.0 Å². The molecule has 11 heteroatoms. The van der Waals surface area contributed by atoms with Crippen LogP contribution in [0.5, 0.6) is 0 Å². The molecule has 4 aromatic rings. The molecule has 2 aromatic heterocycles. The number of anilines is 1. The minimum Gasteiger partial charge on any atom is -0.598 e. The number of aromatic nitrogens is 3. The fraction of sp³-hybridized carbons (Fsp3) is 0.367. The maximum atomic E-state index is 15.2. The largest absolute Gasteiger partial charge is 0.598 e. The number of nitrogens with one attached hydrogen (secondary N) is 1. The molecule has 3 heterocycles. The van der Waals surface area contributed by atoms with E-state index in [1.54, 1.807) is 30.6 Å². The molecule has 1 unspecified atom stereocenters. The summed E-state index contributed by atoms with van der Waals surface area (Å²) in [4.78, 5) is 23.6. The van der Waals surface area contributed by atoms with Gasteiger partial charge < -0.3 is 9.45 Å². The highest BCUT2D eigenvalue weighted by Crippen LogP contribution is 2.53. The molecule has 6 rings (SSSR count). The summed E-state index contributed by atoms with van der Waals surface area (Å²) >= 11 is 11.4. The molecule has 2 atom stereocenters. The normalized spacial score (nSPS) is 19.1. The van der Waals surface area contributed by atoms with E-state index in [9.17, 15) is 9.35 Å². The Bertz CT molecular complexity index is 1650. The molecule has 1 aliphatic heterocycles. The van der Waals surface area contributed by atoms with Gasteiger partial charge in [-0.05, 0) is 63.8 Å². The van der Waals surface area contributed by atoms with Crippen LogP contribution in [0.25, 0.3) is 16.9 Å². The molecule has 7 nitrogen and oxygen atoms in total. The van der Waals surface area contributed by atoms with Crippen LogP contribution >= 0.6 is 23.2 Å². The number of hydrogen-bond acceptors (Lipinski definition) is 6. The quantitative estimate of drug-likeness (QED) is 0.202. The van der Waals surface area contributed by atoms with Gasteiger partial charge in [-0.2, -0.15) is 0 Å². The van der Waals surface area contributed by atoms with Crippen molar-refractivity contribution in [3.63, 3.8) is 0 Å². The van der Waals surface area contributed by atoms with E-state index in [2.05, 4.69) is 19.6 Å². The van der Waals surface area contributed by atoms with Gasteiger partial charge in [-0.3, -0.25) is 9.20 Å². The maximum absolute atomic E-state index is 15.2. The van der Waals surface area contributed by atoms with Crippen LogP contribution in [-0.2, 0) is 17.8 Å². The van der Waals surface area contributed by atoms with E-state index in [1.807, 2.05) is 37.3 Å². The lowest BCUT2D eigenvalue weighted by molar-refractivity contribution is 0.112. The third-order valence-corrected chi connectivity index (χ3v) is 10.7. The molecule has 2 aliphatic rings. The first-order chi connectivity index (χ1) is 19.5. The van der Waals surface area contributed by atoms with Gasteiger partial charge in [0.2, 0.25) is 0 Å². The molecule has 0 radical (unpaired) electrons. The molecular formula is C30H30Cl2FN5O2S. The second-order valence-electron chi connectivity index (χ2n) is 11.8. The highest BCUT2D eigenvalue weighted by atomic mass is 35.5. The van der Waals surface area contributed by atoms with Crippen molar-refractivity contribution in [3.05, 3.63) is 81.5 Å². The summed E-state index contributed by atoms with van der Waals surface area (Å²) in [7, 11) is 0. The first-order valence-electron chi connectivity index (χ1n) is 13.5. The van der Waals surface area contributed by atoms with Gasteiger partial charge in [-0.15, -0.1) is 4.72 Å². The Balaban J connectivity index is 1.35. The third kappa shape index (κ3) is 4.81. The lowest BCUT2D eigenvalue weighted by Gasteiger charge is -2.44. The highest BCUT2D eigenvalue weighted by Gasteiger charge is 2.51. The molecule has 41 heavy (non-hydrogen) atoms. The van der Waals surface area contributed by atoms with Crippen molar-refractivity contribution in [2.24, 2.45) is 5.41 Å². The average molecular weight is 615 g/mol. The Morgan fingerprint density at radius 1 is 1.17 bits per heavy atom.